The van der Waals surface area contributed by atoms with Crippen LogP contribution in [0.1, 0.15) is 18.9 Å². The first-order chi connectivity index (χ1) is 9.13. The standard InChI is InChI=1S/C15H20O4/c1-3-19-15(17)14(16)9-12(2)10-18-11-13-7-5-4-6-8-13/h4-8,14,16H,2-3,9-11H2,1H3/t14-/m0/s1. The Labute approximate surface area is 113 Å². The molecule has 0 heterocycles. The molecule has 0 radical (unpaired) electrons. The van der Waals surface area contributed by atoms with E-state index in [1.54, 1.807) is 6.92 Å². The van der Waals surface area contributed by atoms with Gasteiger partial charge in [-0.2, -0.15) is 0 Å². The third-order valence-corrected chi connectivity index (χ3v) is 2.46. The fourth-order valence-corrected chi connectivity index (χ4v) is 1.54. The zero-order chi connectivity index (χ0) is 14.1. The Hall–Kier alpha value is -1.65. The van der Waals surface area contributed by atoms with Gasteiger partial charge < -0.3 is 14.6 Å². The molecule has 0 saturated heterocycles. The molecule has 0 saturated carbocycles. The van der Waals surface area contributed by atoms with Crippen LogP contribution < -0.4 is 0 Å². The van der Waals surface area contributed by atoms with Crippen LogP contribution in [0.15, 0.2) is 42.5 Å². The third-order valence-electron chi connectivity index (χ3n) is 2.46. The summed E-state index contributed by atoms with van der Waals surface area (Å²) in [7, 11) is 0. The van der Waals surface area contributed by atoms with Gasteiger partial charge in [0.15, 0.2) is 6.10 Å². The van der Waals surface area contributed by atoms with Crippen LogP contribution in [-0.4, -0.2) is 30.4 Å². The molecule has 0 amide bonds. The second-order valence-corrected chi connectivity index (χ2v) is 4.20. The fraction of sp³-hybridized carbons (Fsp3) is 0.400. The minimum Gasteiger partial charge on any atom is -0.464 e. The maximum absolute atomic E-state index is 11.2. The van der Waals surface area contributed by atoms with Crippen molar-refractivity contribution in [3.05, 3.63) is 48.0 Å². The molecule has 1 aromatic rings. The van der Waals surface area contributed by atoms with E-state index in [1.165, 1.54) is 0 Å². The van der Waals surface area contributed by atoms with E-state index in [1.807, 2.05) is 30.3 Å². The molecule has 0 bridgehead atoms. The van der Waals surface area contributed by atoms with Gasteiger partial charge in [-0.05, 0) is 18.1 Å². The first kappa shape index (κ1) is 15.4. The molecule has 0 aliphatic heterocycles. The van der Waals surface area contributed by atoms with Crippen molar-refractivity contribution in [2.75, 3.05) is 13.2 Å². The van der Waals surface area contributed by atoms with E-state index in [2.05, 4.69) is 6.58 Å². The average Bonchev–Trinajstić information content (AvgIpc) is 2.40. The number of ether oxygens (including phenoxy) is 2. The van der Waals surface area contributed by atoms with Crippen molar-refractivity contribution in [2.45, 2.75) is 26.1 Å². The Balaban J connectivity index is 2.23. The summed E-state index contributed by atoms with van der Waals surface area (Å²) >= 11 is 0. The van der Waals surface area contributed by atoms with Crippen LogP contribution >= 0.6 is 0 Å². The van der Waals surface area contributed by atoms with E-state index in [4.69, 9.17) is 9.47 Å². The molecule has 104 valence electrons. The predicted octanol–water partition coefficient (Wildman–Crippen LogP) is 2.07. The van der Waals surface area contributed by atoms with Gasteiger partial charge in [0.05, 0.1) is 19.8 Å². The summed E-state index contributed by atoms with van der Waals surface area (Å²) in [6, 6.07) is 9.76. The predicted molar refractivity (Wildman–Crippen MR) is 72.5 cm³/mol. The van der Waals surface area contributed by atoms with E-state index in [0.29, 0.717) is 18.8 Å². The van der Waals surface area contributed by atoms with Crippen LogP contribution in [0.5, 0.6) is 0 Å². The molecule has 1 N–H and O–H groups in total. The molecule has 0 aliphatic rings. The number of aliphatic hydroxyl groups excluding tert-OH is 1. The monoisotopic (exact) mass is 264 g/mol. The molecule has 0 aliphatic carbocycles. The first-order valence-corrected chi connectivity index (χ1v) is 6.26. The van der Waals surface area contributed by atoms with Crippen molar-refractivity contribution in [1.82, 2.24) is 0 Å². The van der Waals surface area contributed by atoms with Crippen molar-refractivity contribution >= 4 is 5.97 Å². The van der Waals surface area contributed by atoms with Gasteiger partial charge >= 0.3 is 5.97 Å². The van der Waals surface area contributed by atoms with Crippen LogP contribution in [0.25, 0.3) is 0 Å². The van der Waals surface area contributed by atoms with E-state index < -0.39 is 12.1 Å². The summed E-state index contributed by atoms with van der Waals surface area (Å²) in [5.41, 5.74) is 1.73. The summed E-state index contributed by atoms with van der Waals surface area (Å²) in [4.78, 5) is 11.2. The Morgan fingerprint density at radius 1 is 1.37 bits per heavy atom. The van der Waals surface area contributed by atoms with Gasteiger partial charge in [-0.1, -0.05) is 36.9 Å². The highest BCUT2D eigenvalue weighted by molar-refractivity contribution is 5.74. The minimum atomic E-state index is -1.16. The molecule has 1 atom stereocenters. The summed E-state index contributed by atoms with van der Waals surface area (Å²) < 4.78 is 10.2. The molecular formula is C15H20O4. The SMILES string of the molecule is C=C(COCc1ccccc1)C[C@H](O)C(=O)OCC. The molecule has 0 fully saturated rings. The lowest BCUT2D eigenvalue weighted by molar-refractivity contribution is -0.152. The second-order valence-electron chi connectivity index (χ2n) is 4.20. The highest BCUT2D eigenvalue weighted by Gasteiger charge is 2.16. The van der Waals surface area contributed by atoms with Crippen molar-refractivity contribution in [3.63, 3.8) is 0 Å². The lowest BCUT2D eigenvalue weighted by atomic mass is 10.1. The van der Waals surface area contributed by atoms with Crippen LogP contribution in [-0.2, 0) is 20.9 Å². The van der Waals surface area contributed by atoms with Gasteiger partial charge in [0.2, 0.25) is 0 Å². The van der Waals surface area contributed by atoms with Crippen LogP contribution in [0.4, 0.5) is 0 Å². The van der Waals surface area contributed by atoms with Gasteiger partial charge in [0.1, 0.15) is 0 Å². The lowest BCUT2D eigenvalue weighted by Gasteiger charge is -2.12. The number of esters is 1. The maximum Gasteiger partial charge on any atom is 0.335 e. The Morgan fingerprint density at radius 3 is 2.68 bits per heavy atom. The van der Waals surface area contributed by atoms with Gasteiger partial charge in [-0.15, -0.1) is 0 Å². The van der Waals surface area contributed by atoms with Crippen molar-refractivity contribution in [1.29, 1.82) is 0 Å². The maximum atomic E-state index is 11.2. The van der Waals surface area contributed by atoms with Gasteiger partial charge in [-0.25, -0.2) is 4.79 Å². The van der Waals surface area contributed by atoms with E-state index in [0.717, 1.165) is 5.56 Å². The number of carbonyl (C=O) groups is 1. The lowest BCUT2D eigenvalue weighted by Crippen LogP contribution is -2.24. The minimum absolute atomic E-state index is 0.160. The average molecular weight is 264 g/mol. The Morgan fingerprint density at radius 2 is 2.05 bits per heavy atom. The number of hydrogen-bond acceptors (Lipinski definition) is 4. The normalized spacial score (nSPS) is 11.9. The molecule has 0 spiro atoms. The number of rotatable bonds is 8. The van der Waals surface area contributed by atoms with Crippen molar-refractivity contribution in [2.24, 2.45) is 0 Å². The summed E-state index contributed by atoms with van der Waals surface area (Å²) in [5, 5.41) is 9.54. The third kappa shape index (κ3) is 6.18. The highest BCUT2D eigenvalue weighted by Crippen LogP contribution is 2.07. The first-order valence-electron chi connectivity index (χ1n) is 6.26. The highest BCUT2D eigenvalue weighted by atomic mass is 16.5. The molecule has 19 heavy (non-hydrogen) atoms. The zero-order valence-electron chi connectivity index (χ0n) is 11.2. The summed E-state index contributed by atoms with van der Waals surface area (Å²) in [5.74, 6) is -0.619. The zero-order valence-corrected chi connectivity index (χ0v) is 11.2. The summed E-state index contributed by atoms with van der Waals surface area (Å²) in [6.07, 6.45) is -0.999. The van der Waals surface area contributed by atoms with Crippen molar-refractivity contribution in [3.8, 4) is 0 Å². The van der Waals surface area contributed by atoms with Crippen LogP contribution in [0.3, 0.4) is 0 Å². The number of benzene rings is 1. The number of hydrogen-bond donors (Lipinski definition) is 1. The largest absolute Gasteiger partial charge is 0.464 e. The molecular weight excluding hydrogens is 244 g/mol. The van der Waals surface area contributed by atoms with Crippen molar-refractivity contribution < 1.29 is 19.4 Å². The van der Waals surface area contributed by atoms with Gasteiger partial charge in [0.25, 0.3) is 0 Å². The molecule has 1 aromatic carbocycles. The van der Waals surface area contributed by atoms with Gasteiger partial charge in [0, 0.05) is 6.42 Å². The smallest absolute Gasteiger partial charge is 0.335 e. The topological polar surface area (TPSA) is 55.8 Å². The van der Waals surface area contributed by atoms with E-state index in [9.17, 15) is 9.90 Å². The number of aliphatic hydroxyl groups is 1. The fourth-order valence-electron chi connectivity index (χ4n) is 1.54. The Kier molecular flexibility index (Phi) is 6.85. The summed E-state index contributed by atoms with van der Waals surface area (Å²) in [6.45, 7) is 6.52. The van der Waals surface area contributed by atoms with Crippen LogP contribution in [0.2, 0.25) is 0 Å². The van der Waals surface area contributed by atoms with E-state index in [-0.39, 0.29) is 13.0 Å². The van der Waals surface area contributed by atoms with Gasteiger partial charge in [-0.3, -0.25) is 0 Å². The van der Waals surface area contributed by atoms with Crippen LogP contribution in [0, 0.1) is 0 Å². The quantitative estimate of drug-likeness (QED) is 0.577. The molecule has 0 unspecified atom stereocenters. The molecule has 4 heteroatoms. The molecule has 1 rings (SSSR count). The molecule has 0 aromatic heterocycles. The second kappa shape index (κ2) is 8.45. The number of carbonyl (C=O) groups excluding carboxylic acids is 1. The Bertz CT molecular complexity index is 400. The molecule has 4 nitrogen and oxygen atoms in total. The van der Waals surface area contributed by atoms with E-state index >= 15 is 0 Å².